The third-order valence-electron chi connectivity index (χ3n) is 2.60. The van der Waals surface area contributed by atoms with Crippen LogP contribution in [0.5, 0.6) is 0 Å². The normalized spacial score (nSPS) is 21.3. The zero-order valence-electron chi connectivity index (χ0n) is 10.6. The summed E-state index contributed by atoms with van der Waals surface area (Å²) >= 11 is 5.69. The summed E-state index contributed by atoms with van der Waals surface area (Å²) < 4.78 is 11.0. The Labute approximate surface area is 115 Å². The van der Waals surface area contributed by atoms with E-state index in [1.807, 2.05) is 13.8 Å². The van der Waals surface area contributed by atoms with Crippen LogP contribution in [0.3, 0.4) is 0 Å². The highest BCUT2D eigenvalue weighted by molar-refractivity contribution is 6.30. The van der Waals surface area contributed by atoms with Crippen molar-refractivity contribution < 1.29 is 14.4 Å². The van der Waals surface area contributed by atoms with E-state index in [0.717, 1.165) is 0 Å². The Balaban J connectivity index is 2.02. The van der Waals surface area contributed by atoms with Crippen molar-refractivity contribution in [3.63, 3.8) is 0 Å². The third kappa shape index (κ3) is 3.52. The third-order valence-corrected chi connectivity index (χ3v) is 2.80. The molecule has 0 aliphatic carbocycles. The first-order valence-electron chi connectivity index (χ1n) is 5.73. The van der Waals surface area contributed by atoms with E-state index in [1.165, 1.54) is 12.3 Å². The summed E-state index contributed by atoms with van der Waals surface area (Å²) in [6.45, 7) is 4.44. The smallest absolute Gasteiger partial charge is 0.312 e. The van der Waals surface area contributed by atoms with Gasteiger partial charge in [0, 0.05) is 18.8 Å². The highest BCUT2D eigenvalue weighted by atomic mass is 35.5. The van der Waals surface area contributed by atoms with Crippen molar-refractivity contribution in [1.29, 1.82) is 0 Å². The van der Waals surface area contributed by atoms with E-state index in [1.54, 1.807) is 0 Å². The first-order valence-corrected chi connectivity index (χ1v) is 6.11. The van der Waals surface area contributed by atoms with Gasteiger partial charge >= 0.3 is 5.69 Å². The first kappa shape index (κ1) is 14.0. The molecule has 0 bridgehead atoms. The lowest BCUT2D eigenvalue weighted by atomic mass is 10.3. The lowest BCUT2D eigenvalue weighted by Crippen LogP contribution is -2.26. The first-order chi connectivity index (χ1) is 8.87. The standard InChI is InChI=1S/C11H14ClN3O4/c1-11(2)18-6-8(19-11)5-14-10-9(15(16)17)3-7(12)4-13-10/h3-4,8H,5-6H2,1-2H3,(H,13,14). The van der Waals surface area contributed by atoms with Crippen molar-refractivity contribution in [3.05, 3.63) is 27.4 Å². The second kappa shape index (κ2) is 5.28. The van der Waals surface area contributed by atoms with Crippen LogP contribution in [0.15, 0.2) is 12.3 Å². The molecule has 2 heterocycles. The van der Waals surface area contributed by atoms with Crippen LogP contribution in [0, 0.1) is 10.1 Å². The minimum Gasteiger partial charge on any atom is -0.362 e. The van der Waals surface area contributed by atoms with E-state index in [9.17, 15) is 10.1 Å². The number of nitrogens with one attached hydrogen (secondary N) is 1. The van der Waals surface area contributed by atoms with Gasteiger partial charge in [-0.3, -0.25) is 10.1 Å². The van der Waals surface area contributed by atoms with Crippen LogP contribution in [-0.4, -0.2) is 35.0 Å². The highest BCUT2D eigenvalue weighted by Crippen LogP contribution is 2.26. The van der Waals surface area contributed by atoms with Gasteiger partial charge in [0.15, 0.2) is 5.79 Å². The maximum absolute atomic E-state index is 10.9. The molecule has 1 saturated heterocycles. The van der Waals surface area contributed by atoms with Crippen LogP contribution >= 0.6 is 11.6 Å². The molecule has 1 fully saturated rings. The Morgan fingerprint density at radius 2 is 2.42 bits per heavy atom. The Morgan fingerprint density at radius 1 is 1.68 bits per heavy atom. The average molecular weight is 288 g/mol. The van der Waals surface area contributed by atoms with E-state index in [2.05, 4.69) is 10.3 Å². The number of aromatic nitrogens is 1. The molecule has 19 heavy (non-hydrogen) atoms. The van der Waals surface area contributed by atoms with Gasteiger partial charge in [0.1, 0.15) is 6.10 Å². The van der Waals surface area contributed by atoms with Crippen LogP contribution in [-0.2, 0) is 9.47 Å². The molecular weight excluding hydrogens is 274 g/mol. The summed E-state index contributed by atoms with van der Waals surface area (Å²) in [5.41, 5.74) is -0.161. The molecule has 0 amide bonds. The molecule has 8 heteroatoms. The molecule has 1 aromatic rings. The fourth-order valence-corrected chi connectivity index (χ4v) is 1.93. The lowest BCUT2D eigenvalue weighted by Gasteiger charge is -2.17. The van der Waals surface area contributed by atoms with E-state index in [-0.39, 0.29) is 22.6 Å². The molecule has 7 nitrogen and oxygen atoms in total. The van der Waals surface area contributed by atoms with Gasteiger partial charge in [0.2, 0.25) is 5.82 Å². The summed E-state index contributed by atoms with van der Waals surface area (Å²) in [4.78, 5) is 14.3. The Morgan fingerprint density at radius 3 is 3.00 bits per heavy atom. The maximum atomic E-state index is 10.9. The van der Waals surface area contributed by atoms with E-state index < -0.39 is 10.7 Å². The van der Waals surface area contributed by atoms with Crippen LogP contribution in [0.25, 0.3) is 0 Å². The molecule has 1 unspecified atom stereocenters. The van der Waals surface area contributed by atoms with Crippen LogP contribution in [0.2, 0.25) is 5.02 Å². The predicted octanol–water partition coefficient (Wildman–Crippen LogP) is 2.21. The van der Waals surface area contributed by atoms with Gasteiger partial charge in [-0.1, -0.05) is 11.6 Å². The molecular formula is C11H14ClN3O4. The number of rotatable bonds is 4. The number of hydrogen-bond donors (Lipinski definition) is 1. The van der Waals surface area contributed by atoms with Crippen molar-refractivity contribution in [2.45, 2.75) is 25.7 Å². The summed E-state index contributed by atoms with van der Waals surface area (Å²) in [5, 5.41) is 14.0. The number of anilines is 1. The molecule has 2 rings (SSSR count). The summed E-state index contributed by atoms with van der Waals surface area (Å²) in [7, 11) is 0. The predicted molar refractivity (Wildman–Crippen MR) is 69.3 cm³/mol. The number of ether oxygens (including phenoxy) is 2. The summed E-state index contributed by atoms with van der Waals surface area (Å²) in [6, 6.07) is 1.26. The van der Waals surface area contributed by atoms with E-state index in [4.69, 9.17) is 21.1 Å². The van der Waals surface area contributed by atoms with Crippen LogP contribution in [0.1, 0.15) is 13.8 Å². The minimum atomic E-state index is -0.619. The average Bonchev–Trinajstić information content (AvgIpc) is 2.67. The lowest BCUT2D eigenvalue weighted by molar-refractivity contribution is -0.384. The molecule has 1 atom stereocenters. The second-order valence-electron chi connectivity index (χ2n) is 4.61. The van der Waals surface area contributed by atoms with Gasteiger partial charge in [-0.25, -0.2) is 4.98 Å². The largest absolute Gasteiger partial charge is 0.362 e. The zero-order valence-corrected chi connectivity index (χ0v) is 11.3. The van der Waals surface area contributed by atoms with Gasteiger partial charge in [0.25, 0.3) is 0 Å². The van der Waals surface area contributed by atoms with Gasteiger partial charge in [-0.2, -0.15) is 0 Å². The van der Waals surface area contributed by atoms with Gasteiger partial charge in [-0.05, 0) is 13.8 Å². The van der Waals surface area contributed by atoms with Gasteiger partial charge in [-0.15, -0.1) is 0 Å². The number of nitro groups is 1. The quantitative estimate of drug-likeness (QED) is 0.675. The number of halogens is 1. The second-order valence-corrected chi connectivity index (χ2v) is 5.05. The SMILES string of the molecule is CC1(C)OCC(CNc2ncc(Cl)cc2[N+](=O)[O-])O1. The van der Waals surface area contributed by atoms with E-state index in [0.29, 0.717) is 13.2 Å². The van der Waals surface area contributed by atoms with E-state index >= 15 is 0 Å². The minimum absolute atomic E-state index is 0.161. The molecule has 1 aromatic heterocycles. The Hall–Kier alpha value is -1.44. The van der Waals surface area contributed by atoms with Crippen LogP contribution < -0.4 is 5.32 Å². The van der Waals surface area contributed by atoms with Crippen molar-refractivity contribution >= 4 is 23.1 Å². The fourth-order valence-electron chi connectivity index (χ4n) is 1.78. The summed E-state index contributed by atoms with van der Waals surface area (Å²) in [5.74, 6) is -0.450. The highest BCUT2D eigenvalue weighted by Gasteiger charge is 2.32. The van der Waals surface area contributed by atoms with Crippen LogP contribution in [0.4, 0.5) is 11.5 Å². The number of nitrogens with zero attached hydrogens (tertiary/aromatic N) is 2. The molecule has 104 valence electrons. The maximum Gasteiger partial charge on any atom is 0.312 e. The topological polar surface area (TPSA) is 86.5 Å². The zero-order chi connectivity index (χ0) is 14.0. The van der Waals surface area contributed by atoms with Crippen molar-refractivity contribution in [3.8, 4) is 0 Å². The van der Waals surface area contributed by atoms with Crippen molar-refractivity contribution in [1.82, 2.24) is 4.98 Å². The molecule has 0 aromatic carbocycles. The molecule has 0 radical (unpaired) electrons. The Bertz CT molecular complexity index is 495. The molecule has 0 saturated carbocycles. The molecule has 1 aliphatic rings. The monoisotopic (exact) mass is 287 g/mol. The Kier molecular flexibility index (Phi) is 3.88. The van der Waals surface area contributed by atoms with Gasteiger partial charge < -0.3 is 14.8 Å². The number of hydrogen-bond acceptors (Lipinski definition) is 6. The van der Waals surface area contributed by atoms with Crippen molar-refractivity contribution in [2.75, 3.05) is 18.5 Å². The molecule has 1 aliphatic heterocycles. The molecule has 0 spiro atoms. The van der Waals surface area contributed by atoms with Gasteiger partial charge in [0.05, 0.1) is 16.6 Å². The summed E-state index contributed by atoms with van der Waals surface area (Å²) in [6.07, 6.45) is 1.18. The number of pyridine rings is 1. The fraction of sp³-hybridized carbons (Fsp3) is 0.545. The molecule has 1 N–H and O–H groups in total. The van der Waals surface area contributed by atoms with Crippen molar-refractivity contribution in [2.24, 2.45) is 0 Å².